The highest BCUT2D eigenvalue weighted by atomic mass is 79.9. The number of halogens is 1. The quantitative estimate of drug-likeness (QED) is 0.414. The smallest absolute Gasteiger partial charge is 0.129 e. The predicted molar refractivity (Wildman–Crippen MR) is 40.2 cm³/mol. The van der Waals surface area contributed by atoms with Crippen LogP contribution in [0.15, 0.2) is 29.9 Å². The van der Waals surface area contributed by atoms with Crippen LogP contribution in [0.4, 0.5) is 0 Å². The Labute approximate surface area is 61.9 Å². The van der Waals surface area contributed by atoms with Crippen molar-refractivity contribution >= 4 is 21.9 Å². The van der Waals surface area contributed by atoms with Gasteiger partial charge in [0.25, 0.3) is 0 Å². The number of hydrogen-bond acceptors (Lipinski definition) is 1. The largest absolute Gasteiger partial charge is 0.233 e. The molecule has 9 heavy (non-hydrogen) atoms. The number of alkyl halides is 1. The Morgan fingerprint density at radius 2 is 2.33 bits per heavy atom. The van der Waals surface area contributed by atoms with Gasteiger partial charge in [0.2, 0.25) is 0 Å². The van der Waals surface area contributed by atoms with E-state index in [4.69, 9.17) is 0 Å². The van der Waals surface area contributed by atoms with Crippen LogP contribution in [0, 0.1) is 0 Å². The van der Waals surface area contributed by atoms with Crippen molar-refractivity contribution < 1.29 is 4.79 Å². The van der Waals surface area contributed by atoms with Crippen LogP contribution >= 0.6 is 15.9 Å². The zero-order chi connectivity index (χ0) is 6.69. The molecule has 0 saturated carbocycles. The van der Waals surface area contributed by atoms with E-state index in [1.165, 1.54) is 0 Å². The van der Waals surface area contributed by atoms with Crippen molar-refractivity contribution in [2.75, 3.05) is 0 Å². The van der Waals surface area contributed by atoms with Gasteiger partial charge in [0.1, 0.15) is 5.94 Å². The summed E-state index contributed by atoms with van der Waals surface area (Å²) in [4.78, 5) is 10.1. The van der Waals surface area contributed by atoms with Gasteiger partial charge in [0.15, 0.2) is 0 Å². The monoisotopic (exact) mass is 184 g/mol. The molecular formula is C7H5BrO. The van der Waals surface area contributed by atoms with E-state index in [1.54, 1.807) is 6.08 Å². The topological polar surface area (TPSA) is 17.1 Å². The summed E-state index contributed by atoms with van der Waals surface area (Å²) < 4.78 is 0. The summed E-state index contributed by atoms with van der Waals surface area (Å²) in [5, 5.41) is 0. The van der Waals surface area contributed by atoms with Gasteiger partial charge in [-0.1, -0.05) is 34.2 Å². The molecule has 46 valence electrons. The van der Waals surface area contributed by atoms with Gasteiger partial charge >= 0.3 is 0 Å². The first-order valence-corrected chi connectivity index (χ1v) is 3.50. The van der Waals surface area contributed by atoms with Crippen molar-refractivity contribution in [3.63, 3.8) is 0 Å². The molecule has 0 amide bonds. The summed E-state index contributed by atoms with van der Waals surface area (Å²) in [6.45, 7) is 0. The maximum absolute atomic E-state index is 10.1. The fraction of sp³-hybridized carbons (Fsp3) is 0.143. The molecule has 1 aliphatic carbocycles. The molecule has 1 aliphatic rings. The third kappa shape index (κ3) is 1.41. The second-order valence-electron chi connectivity index (χ2n) is 1.70. The van der Waals surface area contributed by atoms with Gasteiger partial charge in [0, 0.05) is 0 Å². The van der Waals surface area contributed by atoms with Gasteiger partial charge in [0.05, 0.1) is 10.4 Å². The average molecular weight is 185 g/mol. The summed E-state index contributed by atoms with van der Waals surface area (Å²) in [6, 6.07) is 0. The minimum atomic E-state index is 0.0556. The normalized spacial score (nSPS) is 24.1. The second kappa shape index (κ2) is 2.81. The molecule has 0 aromatic heterocycles. The van der Waals surface area contributed by atoms with Crippen LogP contribution in [0.25, 0.3) is 0 Å². The fourth-order valence-corrected chi connectivity index (χ4v) is 1.03. The van der Waals surface area contributed by atoms with Gasteiger partial charge < -0.3 is 0 Å². The molecule has 0 heterocycles. The number of carbonyl (C=O) groups excluding carboxylic acids is 1. The van der Waals surface area contributed by atoms with Crippen LogP contribution in [0.5, 0.6) is 0 Å². The van der Waals surface area contributed by atoms with E-state index in [9.17, 15) is 4.79 Å². The third-order valence-corrected chi connectivity index (χ3v) is 1.88. The summed E-state index contributed by atoms with van der Waals surface area (Å²) in [6.07, 6.45) is 7.34. The van der Waals surface area contributed by atoms with Crippen LogP contribution < -0.4 is 0 Å². The van der Waals surface area contributed by atoms with E-state index in [0.717, 1.165) is 0 Å². The maximum atomic E-state index is 10.1. The van der Waals surface area contributed by atoms with Crippen LogP contribution in [0.2, 0.25) is 0 Å². The molecule has 1 atom stereocenters. The number of allylic oxidation sites excluding steroid dienone is 5. The Hall–Kier alpha value is -0.590. The molecule has 0 aromatic carbocycles. The van der Waals surface area contributed by atoms with Crippen molar-refractivity contribution in [1.82, 2.24) is 0 Å². The van der Waals surface area contributed by atoms with Crippen LogP contribution in [0.1, 0.15) is 0 Å². The van der Waals surface area contributed by atoms with Gasteiger partial charge in [-0.25, -0.2) is 4.79 Å². The van der Waals surface area contributed by atoms with Gasteiger partial charge in [-0.05, 0) is 6.08 Å². The molecule has 1 unspecified atom stereocenters. The summed E-state index contributed by atoms with van der Waals surface area (Å²) in [5.74, 6) is 1.84. The molecule has 0 spiro atoms. The lowest BCUT2D eigenvalue weighted by Crippen LogP contribution is -1.98. The molecular weight excluding hydrogens is 180 g/mol. The Morgan fingerprint density at radius 3 is 2.78 bits per heavy atom. The molecule has 2 heteroatoms. The molecule has 0 radical (unpaired) electrons. The molecule has 0 aromatic rings. The van der Waals surface area contributed by atoms with E-state index in [0.29, 0.717) is 5.57 Å². The molecule has 1 nitrogen and oxygen atoms in total. The van der Waals surface area contributed by atoms with E-state index < -0.39 is 0 Å². The predicted octanol–water partition coefficient (Wildman–Crippen LogP) is 1.63. The maximum Gasteiger partial charge on any atom is 0.129 e. The van der Waals surface area contributed by atoms with E-state index in [1.807, 2.05) is 24.2 Å². The summed E-state index contributed by atoms with van der Waals surface area (Å²) >= 11 is 3.28. The standard InChI is InChI=1S/C7H5BrO/c8-7-4-2-1-3-6(7)5-9/h1-4,7H. The highest BCUT2D eigenvalue weighted by Crippen LogP contribution is 2.15. The zero-order valence-electron chi connectivity index (χ0n) is 4.67. The first kappa shape index (κ1) is 6.53. The molecule has 0 saturated heterocycles. The Bertz CT molecular complexity index is 209. The zero-order valence-corrected chi connectivity index (χ0v) is 6.26. The lowest BCUT2D eigenvalue weighted by atomic mass is 10.1. The number of rotatable bonds is 0. The Balaban J connectivity index is 2.90. The molecule has 0 bridgehead atoms. The Kier molecular flexibility index (Phi) is 2.04. The van der Waals surface area contributed by atoms with Gasteiger partial charge in [-0.2, -0.15) is 0 Å². The minimum Gasteiger partial charge on any atom is -0.233 e. The lowest BCUT2D eigenvalue weighted by Gasteiger charge is -2.02. The van der Waals surface area contributed by atoms with Crippen molar-refractivity contribution in [1.29, 1.82) is 0 Å². The Morgan fingerprint density at radius 1 is 1.56 bits per heavy atom. The first-order chi connectivity index (χ1) is 4.34. The summed E-state index contributed by atoms with van der Waals surface area (Å²) in [5.41, 5.74) is 0.650. The van der Waals surface area contributed by atoms with Crippen LogP contribution in [0.3, 0.4) is 0 Å². The van der Waals surface area contributed by atoms with Gasteiger partial charge in [-0.3, -0.25) is 0 Å². The SMILES string of the molecule is O=C=C1C=CC=CC1Br. The van der Waals surface area contributed by atoms with Crippen molar-refractivity contribution in [3.8, 4) is 0 Å². The molecule has 0 fully saturated rings. The summed E-state index contributed by atoms with van der Waals surface area (Å²) in [7, 11) is 0. The number of hydrogen-bond donors (Lipinski definition) is 0. The molecule has 1 rings (SSSR count). The van der Waals surface area contributed by atoms with E-state index in [2.05, 4.69) is 15.9 Å². The first-order valence-electron chi connectivity index (χ1n) is 2.58. The van der Waals surface area contributed by atoms with E-state index in [-0.39, 0.29) is 4.83 Å². The van der Waals surface area contributed by atoms with Crippen molar-refractivity contribution in [2.45, 2.75) is 4.83 Å². The highest BCUT2D eigenvalue weighted by Gasteiger charge is 2.05. The highest BCUT2D eigenvalue weighted by molar-refractivity contribution is 9.09. The average Bonchev–Trinajstić information content (AvgIpc) is 1.89. The second-order valence-corrected chi connectivity index (χ2v) is 2.69. The van der Waals surface area contributed by atoms with E-state index >= 15 is 0 Å². The van der Waals surface area contributed by atoms with Crippen LogP contribution in [-0.4, -0.2) is 10.8 Å². The van der Waals surface area contributed by atoms with Gasteiger partial charge in [-0.15, -0.1) is 0 Å². The minimum absolute atomic E-state index is 0.0556. The van der Waals surface area contributed by atoms with Crippen molar-refractivity contribution in [3.05, 3.63) is 29.9 Å². The van der Waals surface area contributed by atoms with Crippen molar-refractivity contribution in [2.24, 2.45) is 0 Å². The third-order valence-electron chi connectivity index (χ3n) is 1.08. The fourth-order valence-electron chi connectivity index (χ4n) is 0.607. The lowest BCUT2D eigenvalue weighted by molar-refractivity contribution is 0.567. The molecule has 0 N–H and O–H groups in total. The van der Waals surface area contributed by atoms with Crippen LogP contribution in [-0.2, 0) is 4.79 Å². The molecule has 0 aliphatic heterocycles.